The molecule has 0 radical (unpaired) electrons. The van der Waals surface area contributed by atoms with Crippen LogP contribution in [-0.4, -0.2) is 17.6 Å². The summed E-state index contributed by atoms with van der Waals surface area (Å²) in [6.45, 7) is 7.47. The van der Waals surface area contributed by atoms with Crippen molar-refractivity contribution in [3.05, 3.63) is 30.1 Å². The van der Waals surface area contributed by atoms with E-state index in [0.717, 1.165) is 17.9 Å². The van der Waals surface area contributed by atoms with Crippen molar-refractivity contribution in [2.75, 3.05) is 6.54 Å². The summed E-state index contributed by atoms with van der Waals surface area (Å²) in [5.41, 5.74) is 7.07. The Kier molecular flexibility index (Phi) is 5.55. The van der Waals surface area contributed by atoms with Gasteiger partial charge in [-0.3, -0.25) is 4.98 Å². The van der Waals surface area contributed by atoms with E-state index in [1.807, 2.05) is 24.5 Å². The topological polar surface area (TPSA) is 48.1 Å². The minimum Gasteiger partial charge on any atom is -0.369 e. The molecule has 0 spiro atoms. The van der Waals surface area contributed by atoms with Gasteiger partial charge in [-0.05, 0) is 48.3 Å². The van der Waals surface area contributed by atoms with Gasteiger partial charge in [0.1, 0.15) is 0 Å². The highest BCUT2D eigenvalue weighted by Crippen LogP contribution is 2.37. The Morgan fingerprint density at radius 3 is 2.60 bits per heavy atom. The average molecular weight is 276 g/mol. The Hall–Kier alpha value is -0.930. The van der Waals surface area contributed by atoms with Gasteiger partial charge in [0, 0.05) is 18.9 Å². The fourth-order valence-electron chi connectivity index (χ4n) is 3.33. The van der Waals surface area contributed by atoms with Crippen molar-refractivity contribution in [2.24, 2.45) is 23.5 Å². The molecular formula is C17H28N2O. The molecule has 1 aromatic rings. The standard InChI is InChI=1S/C17H28N2O/c1-12(2)15-5-4-13(3)10-16(15)20-17(11-18)14-6-8-19-9-7-14/h6-9,12-13,15-17H,4-5,10-11,18H2,1-3H3. The van der Waals surface area contributed by atoms with E-state index >= 15 is 0 Å². The molecule has 1 aromatic heterocycles. The maximum absolute atomic E-state index is 6.42. The zero-order valence-electron chi connectivity index (χ0n) is 13.0. The molecule has 0 aliphatic heterocycles. The lowest BCUT2D eigenvalue weighted by atomic mass is 9.75. The molecular weight excluding hydrogens is 248 g/mol. The SMILES string of the molecule is CC1CCC(C(C)C)C(OC(CN)c2ccncc2)C1. The van der Waals surface area contributed by atoms with Crippen molar-refractivity contribution in [3.8, 4) is 0 Å². The van der Waals surface area contributed by atoms with Crippen molar-refractivity contribution in [1.82, 2.24) is 4.98 Å². The Bertz CT molecular complexity index is 393. The maximum Gasteiger partial charge on any atom is 0.0952 e. The number of nitrogens with two attached hydrogens (primary N) is 1. The predicted octanol–water partition coefficient (Wildman–Crippen LogP) is 3.56. The van der Waals surface area contributed by atoms with Crippen molar-refractivity contribution in [3.63, 3.8) is 0 Å². The molecule has 3 nitrogen and oxygen atoms in total. The minimum absolute atomic E-state index is 0.00505. The van der Waals surface area contributed by atoms with Crippen LogP contribution in [0.1, 0.15) is 51.7 Å². The summed E-state index contributed by atoms with van der Waals surface area (Å²) in [5, 5.41) is 0. The molecule has 4 unspecified atom stereocenters. The number of hydrogen-bond donors (Lipinski definition) is 1. The van der Waals surface area contributed by atoms with Crippen LogP contribution in [-0.2, 0) is 4.74 Å². The molecule has 0 saturated heterocycles. The van der Waals surface area contributed by atoms with Crippen molar-refractivity contribution in [2.45, 2.75) is 52.2 Å². The molecule has 0 amide bonds. The smallest absolute Gasteiger partial charge is 0.0952 e. The van der Waals surface area contributed by atoms with E-state index in [9.17, 15) is 0 Å². The van der Waals surface area contributed by atoms with Gasteiger partial charge in [0.05, 0.1) is 12.2 Å². The second kappa shape index (κ2) is 7.19. The van der Waals surface area contributed by atoms with Gasteiger partial charge in [-0.2, -0.15) is 0 Å². The predicted molar refractivity (Wildman–Crippen MR) is 82.2 cm³/mol. The fraction of sp³-hybridized carbons (Fsp3) is 0.706. The van der Waals surface area contributed by atoms with Gasteiger partial charge >= 0.3 is 0 Å². The summed E-state index contributed by atoms with van der Waals surface area (Å²) in [6, 6.07) is 4.02. The van der Waals surface area contributed by atoms with Gasteiger partial charge in [-0.25, -0.2) is 0 Å². The van der Waals surface area contributed by atoms with Gasteiger partial charge in [0.2, 0.25) is 0 Å². The number of nitrogens with zero attached hydrogens (tertiary/aromatic N) is 1. The van der Waals surface area contributed by atoms with Gasteiger partial charge in [-0.15, -0.1) is 0 Å². The second-order valence-corrected chi connectivity index (χ2v) is 6.51. The van der Waals surface area contributed by atoms with E-state index in [0.29, 0.717) is 24.5 Å². The molecule has 0 aromatic carbocycles. The highest BCUT2D eigenvalue weighted by atomic mass is 16.5. The molecule has 20 heavy (non-hydrogen) atoms. The molecule has 1 saturated carbocycles. The van der Waals surface area contributed by atoms with Crippen LogP contribution >= 0.6 is 0 Å². The third-order valence-corrected chi connectivity index (χ3v) is 4.59. The van der Waals surface area contributed by atoms with Gasteiger partial charge in [0.25, 0.3) is 0 Å². The van der Waals surface area contributed by atoms with Crippen molar-refractivity contribution in [1.29, 1.82) is 0 Å². The first-order valence-electron chi connectivity index (χ1n) is 7.87. The fourth-order valence-corrected chi connectivity index (χ4v) is 3.33. The van der Waals surface area contributed by atoms with E-state index in [2.05, 4.69) is 25.8 Å². The van der Waals surface area contributed by atoms with Crippen molar-refractivity contribution >= 4 is 0 Å². The van der Waals surface area contributed by atoms with E-state index in [4.69, 9.17) is 10.5 Å². The molecule has 2 N–H and O–H groups in total. The first kappa shape index (κ1) is 15.5. The summed E-state index contributed by atoms with van der Waals surface area (Å²) in [4.78, 5) is 4.07. The average Bonchev–Trinajstić information content (AvgIpc) is 2.45. The van der Waals surface area contributed by atoms with Crippen LogP contribution in [0, 0.1) is 17.8 Å². The molecule has 4 atom stereocenters. The Morgan fingerprint density at radius 1 is 1.30 bits per heavy atom. The molecule has 1 aliphatic rings. The molecule has 1 fully saturated rings. The maximum atomic E-state index is 6.42. The van der Waals surface area contributed by atoms with Crippen LogP contribution in [0.3, 0.4) is 0 Å². The van der Waals surface area contributed by atoms with Crippen LogP contribution in [0.4, 0.5) is 0 Å². The molecule has 0 bridgehead atoms. The van der Waals surface area contributed by atoms with Crippen LogP contribution in [0.15, 0.2) is 24.5 Å². The highest BCUT2D eigenvalue weighted by molar-refractivity contribution is 5.13. The molecule has 2 rings (SSSR count). The second-order valence-electron chi connectivity index (χ2n) is 6.51. The molecule has 3 heteroatoms. The van der Waals surface area contributed by atoms with Crippen LogP contribution in [0.25, 0.3) is 0 Å². The van der Waals surface area contributed by atoms with E-state index in [-0.39, 0.29) is 6.10 Å². The Labute approximate surface area is 122 Å². The summed E-state index contributed by atoms with van der Waals surface area (Å²) in [7, 11) is 0. The quantitative estimate of drug-likeness (QED) is 0.894. The molecule has 1 aliphatic carbocycles. The van der Waals surface area contributed by atoms with Crippen LogP contribution in [0.5, 0.6) is 0 Å². The number of hydrogen-bond acceptors (Lipinski definition) is 3. The highest BCUT2D eigenvalue weighted by Gasteiger charge is 2.33. The lowest BCUT2D eigenvalue weighted by molar-refractivity contribution is -0.0786. The monoisotopic (exact) mass is 276 g/mol. The zero-order valence-corrected chi connectivity index (χ0v) is 13.0. The normalized spacial score (nSPS) is 28.6. The molecule has 112 valence electrons. The summed E-state index contributed by atoms with van der Waals surface area (Å²) in [6.07, 6.45) is 7.71. The summed E-state index contributed by atoms with van der Waals surface area (Å²) in [5.74, 6) is 2.08. The third kappa shape index (κ3) is 3.80. The van der Waals surface area contributed by atoms with Crippen molar-refractivity contribution < 1.29 is 4.74 Å². The summed E-state index contributed by atoms with van der Waals surface area (Å²) < 4.78 is 6.42. The van der Waals surface area contributed by atoms with Crippen LogP contribution < -0.4 is 5.73 Å². The summed E-state index contributed by atoms with van der Waals surface area (Å²) >= 11 is 0. The number of ether oxygens (including phenoxy) is 1. The lowest BCUT2D eigenvalue weighted by Gasteiger charge is -2.39. The Balaban J connectivity index is 2.08. The van der Waals surface area contributed by atoms with E-state index < -0.39 is 0 Å². The van der Waals surface area contributed by atoms with Crippen LogP contribution in [0.2, 0.25) is 0 Å². The third-order valence-electron chi connectivity index (χ3n) is 4.59. The number of pyridine rings is 1. The first-order valence-corrected chi connectivity index (χ1v) is 7.87. The van der Waals surface area contributed by atoms with E-state index in [1.165, 1.54) is 12.8 Å². The number of aromatic nitrogens is 1. The molecule has 1 heterocycles. The lowest BCUT2D eigenvalue weighted by Crippen LogP contribution is -2.36. The van der Waals surface area contributed by atoms with Gasteiger partial charge in [-0.1, -0.05) is 27.2 Å². The van der Waals surface area contributed by atoms with Gasteiger partial charge < -0.3 is 10.5 Å². The van der Waals surface area contributed by atoms with E-state index in [1.54, 1.807) is 0 Å². The first-order chi connectivity index (χ1) is 9.61. The largest absolute Gasteiger partial charge is 0.369 e. The van der Waals surface area contributed by atoms with Gasteiger partial charge in [0.15, 0.2) is 0 Å². The number of rotatable bonds is 5. The Morgan fingerprint density at radius 2 is 2.00 bits per heavy atom. The zero-order chi connectivity index (χ0) is 14.5. The minimum atomic E-state index is -0.00505.